The maximum atomic E-state index is 12.3. The van der Waals surface area contributed by atoms with Crippen molar-refractivity contribution in [2.45, 2.75) is 13.3 Å². The fourth-order valence-electron chi connectivity index (χ4n) is 2.92. The van der Waals surface area contributed by atoms with Gasteiger partial charge in [0.1, 0.15) is 5.75 Å². The van der Waals surface area contributed by atoms with Crippen molar-refractivity contribution in [1.29, 1.82) is 0 Å². The van der Waals surface area contributed by atoms with Crippen LogP contribution >= 0.6 is 28.3 Å². The minimum Gasteiger partial charge on any atom is -0.484 e. The summed E-state index contributed by atoms with van der Waals surface area (Å²) in [5, 5.41) is 2.23. The van der Waals surface area contributed by atoms with E-state index in [1.54, 1.807) is 0 Å². The number of benzene rings is 2. The van der Waals surface area contributed by atoms with Crippen LogP contribution in [0.1, 0.15) is 13.3 Å². The molecule has 1 heterocycles. The molecule has 2 N–H and O–H groups in total. The number of halogens is 2. The van der Waals surface area contributed by atoms with Gasteiger partial charge < -0.3 is 15.4 Å². The lowest BCUT2D eigenvalue weighted by atomic mass is 9.90. The zero-order valence-electron chi connectivity index (χ0n) is 13.6. The van der Waals surface area contributed by atoms with Gasteiger partial charge in [-0.15, -0.1) is 12.4 Å². The molecule has 24 heavy (non-hydrogen) atoms. The molecule has 0 bridgehead atoms. The van der Waals surface area contributed by atoms with E-state index in [4.69, 9.17) is 10.5 Å². The molecule has 6 heteroatoms. The first-order chi connectivity index (χ1) is 11.0. The fraction of sp³-hybridized carbons (Fsp3) is 0.389. The van der Waals surface area contributed by atoms with Crippen molar-refractivity contribution in [3.8, 4) is 5.75 Å². The largest absolute Gasteiger partial charge is 0.484 e. The van der Waals surface area contributed by atoms with Crippen molar-refractivity contribution in [2.24, 2.45) is 11.1 Å². The highest BCUT2D eigenvalue weighted by atomic mass is 79.9. The monoisotopic (exact) mass is 412 g/mol. The van der Waals surface area contributed by atoms with Gasteiger partial charge in [0.2, 0.25) is 0 Å². The third kappa shape index (κ3) is 4.21. The number of amides is 1. The smallest absolute Gasteiger partial charge is 0.260 e. The van der Waals surface area contributed by atoms with E-state index in [-0.39, 0.29) is 30.3 Å². The molecule has 2 aromatic carbocycles. The molecule has 1 fully saturated rings. The lowest BCUT2D eigenvalue weighted by molar-refractivity contribution is -0.132. The predicted molar refractivity (Wildman–Crippen MR) is 103 cm³/mol. The summed E-state index contributed by atoms with van der Waals surface area (Å²) >= 11 is 3.46. The summed E-state index contributed by atoms with van der Waals surface area (Å²) in [4.78, 5) is 14.1. The van der Waals surface area contributed by atoms with Crippen LogP contribution in [0.2, 0.25) is 0 Å². The third-order valence-electron chi connectivity index (χ3n) is 4.54. The number of likely N-dealkylation sites (tertiary alicyclic amines) is 1. The number of fused-ring (bicyclic) bond motifs is 1. The van der Waals surface area contributed by atoms with E-state index < -0.39 is 0 Å². The average Bonchev–Trinajstić information content (AvgIpc) is 2.96. The van der Waals surface area contributed by atoms with Crippen LogP contribution in [0.15, 0.2) is 40.9 Å². The average molecular weight is 414 g/mol. The lowest BCUT2D eigenvalue weighted by Gasteiger charge is -2.22. The molecule has 0 radical (unpaired) electrons. The minimum atomic E-state index is 0. The quantitative estimate of drug-likeness (QED) is 0.833. The maximum Gasteiger partial charge on any atom is 0.260 e. The van der Waals surface area contributed by atoms with E-state index in [2.05, 4.69) is 28.9 Å². The molecule has 0 saturated carbocycles. The highest BCUT2D eigenvalue weighted by molar-refractivity contribution is 9.10. The van der Waals surface area contributed by atoms with Crippen LogP contribution in [-0.4, -0.2) is 37.0 Å². The van der Waals surface area contributed by atoms with Gasteiger partial charge in [0.15, 0.2) is 6.61 Å². The summed E-state index contributed by atoms with van der Waals surface area (Å²) < 4.78 is 6.73. The molecule has 1 saturated heterocycles. The van der Waals surface area contributed by atoms with Gasteiger partial charge in [-0.2, -0.15) is 0 Å². The van der Waals surface area contributed by atoms with Gasteiger partial charge in [-0.05, 0) is 53.4 Å². The molecule has 3 rings (SSSR count). The molecule has 4 nitrogen and oxygen atoms in total. The van der Waals surface area contributed by atoms with Gasteiger partial charge in [0.05, 0.1) is 0 Å². The topological polar surface area (TPSA) is 55.6 Å². The number of hydrogen-bond donors (Lipinski definition) is 1. The van der Waals surface area contributed by atoms with Crippen LogP contribution in [-0.2, 0) is 4.79 Å². The molecule has 1 aliphatic rings. The third-order valence-corrected chi connectivity index (χ3v) is 5.03. The molecule has 1 aliphatic heterocycles. The van der Waals surface area contributed by atoms with Gasteiger partial charge in [0, 0.05) is 17.6 Å². The Hall–Kier alpha value is -1.30. The number of nitrogens with zero attached hydrogens (tertiary/aromatic N) is 1. The van der Waals surface area contributed by atoms with Crippen LogP contribution in [0.25, 0.3) is 10.8 Å². The highest BCUT2D eigenvalue weighted by Crippen LogP contribution is 2.29. The van der Waals surface area contributed by atoms with E-state index in [0.29, 0.717) is 12.3 Å². The Morgan fingerprint density at radius 1 is 1.29 bits per heavy atom. The van der Waals surface area contributed by atoms with Crippen molar-refractivity contribution in [3.63, 3.8) is 0 Å². The SMILES string of the molecule is CC1(CN)CCN(C(=O)COc2ccc3cc(Br)ccc3c2)C1.Cl. The number of rotatable bonds is 4. The summed E-state index contributed by atoms with van der Waals surface area (Å²) in [5.41, 5.74) is 5.83. The summed E-state index contributed by atoms with van der Waals surface area (Å²) in [7, 11) is 0. The van der Waals surface area contributed by atoms with Crippen molar-refractivity contribution < 1.29 is 9.53 Å². The van der Waals surface area contributed by atoms with Crippen molar-refractivity contribution in [2.75, 3.05) is 26.2 Å². The van der Waals surface area contributed by atoms with Crippen molar-refractivity contribution >= 4 is 45.0 Å². The second-order valence-corrected chi connectivity index (χ2v) is 7.44. The van der Waals surface area contributed by atoms with Crippen LogP contribution in [0.3, 0.4) is 0 Å². The number of carbonyl (C=O) groups excluding carboxylic acids is 1. The Labute approximate surface area is 156 Å². The lowest BCUT2D eigenvalue weighted by Crippen LogP contribution is -2.36. The minimum absolute atomic E-state index is 0. The standard InChI is InChI=1S/C18H21BrN2O2.ClH/c1-18(11-20)6-7-21(12-18)17(22)10-23-16-5-3-13-8-15(19)4-2-14(13)9-16;/h2-5,8-9H,6-7,10-12,20H2,1H3;1H. The summed E-state index contributed by atoms with van der Waals surface area (Å²) in [6.07, 6.45) is 0.958. The Balaban J connectivity index is 0.00000208. The first-order valence-electron chi connectivity index (χ1n) is 7.79. The van der Waals surface area contributed by atoms with Gasteiger partial charge in [-0.1, -0.05) is 35.0 Å². The molecule has 1 amide bonds. The number of nitrogens with two attached hydrogens (primary N) is 1. The van der Waals surface area contributed by atoms with Crippen LogP contribution < -0.4 is 10.5 Å². The fourth-order valence-corrected chi connectivity index (χ4v) is 3.30. The Bertz CT molecular complexity index is 740. The van der Waals surface area contributed by atoms with E-state index in [0.717, 1.165) is 34.8 Å². The molecule has 0 aliphatic carbocycles. The maximum absolute atomic E-state index is 12.3. The first kappa shape index (κ1) is 19.0. The normalized spacial score (nSPS) is 20.0. The van der Waals surface area contributed by atoms with E-state index in [9.17, 15) is 4.79 Å². The van der Waals surface area contributed by atoms with Gasteiger partial charge in [0.25, 0.3) is 5.91 Å². The molecular weight excluding hydrogens is 392 g/mol. The van der Waals surface area contributed by atoms with E-state index >= 15 is 0 Å². The van der Waals surface area contributed by atoms with Gasteiger partial charge in [-0.3, -0.25) is 4.79 Å². The van der Waals surface area contributed by atoms with E-state index in [1.807, 2.05) is 35.2 Å². The Morgan fingerprint density at radius 2 is 2.00 bits per heavy atom. The Morgan fingerprint density at radius 3 is 2.71 bits per heavy atom. The Kier molecular flexibility index (Phi) is 6.12. The highest BCUT2D eigenvalue weighted by Gasteiger charge is 2.34. The number of hydrogen-bond acceptors (Lipinski definition) is 3. The second-order valence-electron chi connectivity index (χ2n) is 6.52. The van der Waals surface area contributed by atoms with E-state index in [1.165, 1.54) is 0 Å². The second kappa shape index (κ2) is 7.72. The van der Waals surface area contributed by atoms with Crippen molar-refractivity contribution in [1.82, 2.24) is 4.90 Å². The molecule has 1 atom stereocenters. The zero-order chi connectivity index (χ0) is 16.4. The van der Waals surface area contributed by atoms with Gasteiger partial charge in [-0.25, -0.2) is 0 Å². The number of ether oxygens (including phenoxy) is 1. The summed E-state index contributed by atoms with van der Waals surface area (Å²) in [6, 6.07) is 11.9. The van der Waals surface area contributed by atoms with Crippen molar-refractivity contribution in [3.05, 3.63) is 40.9 Å². The molecule has 0 aromatic heterocycles. The zero-order valence-corrected chi connectivity index (χ0v) is 16.0. The summed E-state index contributed by atoms with van der Waals surface area (Å²) in [5.74, 6) is 0.743. The molecule has 0 spiro atoms. The van der Waals surface area contributed by atoms with Gasteiger partial charge >= 0.3 is 0 Å². The summed E-state index contributed by atoms with van der Waals surface area (Å²) in [6.45, 7) is 4.29. The molecular formula is C18H22BrClN2O2. The molecule has 2 aromatic rings. The van der Waals surface area contributed by atoms with Crippen LogP contribution in [0.4, 0.5) is 0 Å². The predicted octanol–water partition coefficient (Wildman–Crippen LogP) is 3.60. The number of carbonyl (C=O) groups is 1. The molecule has 1 unspecified atom stereocenters. The molecule has 130 valence electrons. The van der Waals surface area contributed by atoms with Crippen LogP contribution in [0, 0.1) is 5.41 Å². The first-order valence-corrected chi connectivity index (χ1v) is 8.58. The van der Waals surface area contributed by atoms with Crippen LogP contribution in [0.5, 0.6) is 5.75 Å².